The summed E-state index contributed by atoms with van der Waals surface area (Å²) in [5, 5.41) is 10.1. The van der Waals surface area contributed by atoms with Crippen molar-refractivity contribution in [1.29, 1.82) is 0 Å². The molecular formula is C21H24N6O2. The Balaban J connectivity index is 1.20. The summed E-state index contributed by atoms with van der Waals surface area (Å²) in [5.41, 5.74) is 3.61. The molecule has 3 aromatic heterocycles. The quantitative estimate of drug-likeness (QED) is 0.708. The van der Waals surface area contributed by atoms with E-state index in [0.717, 1.165) is 44.6 Å². The molecule has 4 heterocycles. The third kappa shape index (κ3) is 3.62. The van der Waals surface area contributed by atoms with Crippen LogP contribution in [0.2, 0.25) is 0 Å². The number of carbonyl (C=O) groups excluding carboxylic acids is 1. The van der Waals surface area contributed by atoms with E-state index in [1.54, 1.807) is 24.7 Å². The fourth-order valence-electron chi connectivity index (χ4n) is 4.27. The van der Waals surface area contributed by atoms with E-state index in [0.29, 0.717) is 17.1 Å². The molecule has 0 saturated carbocycles. The van der Waals surface area contributed by atoms with Gasteiger partial charge in [0.1, 0.15) is 17.8 Å². The summed E-state index contributed by atoms with van der Waals surface area (Å²) >= 11 is 0. The molecule has 2 N–H and O–H groups in total. The molecule has 1 saturated heterocycles. The van der Waals surface area contributed by atoms with Gasteiger partial charge in [-0.1, -0.05) is 0 Å². The molecule has 3 aromatic rings. The number of hydrogen-bond acceptors (Lipinski definition) is 6. The number of furan rings is 1. The number of anilines is 1. The van der Waals surface area contributed by atoms with Gasteiger partial charge < -0.3 is 14.6 Å². The predicted molar refractivity (Wildman–Crippen MR) is 108 cm³/mol. The Morgan fingerprint density at radius 1 is 1.21 bits per heavy atom. The molecule has 1 aliphatic heterocycles. The van der Waals surface area contributed by atoms with Crippen molar-refractivity contribution < 1.29 is 9.21 Å². The van der Waals surface area contributed by atoms with E-state index in [4.69, 9.17) is 4.42 Å². The zero-order valence-electron chi connectivity index (χ0n) is 16.2. The van der Waals surface area contributed by atoms with E-state index >= 15 is 0 Å². The Bertz CT molecular complexity index is 989. The molecule has 29 heavy (non-hydrogen) atoms. The second-order valence-corrected chi connectivity index (χ2v) is 7.71. The molecule has 5 rings (SSSR count). The number of piperidine rings is 1. The molecule has 1 aliphatic carbocycles. The maximum Gasteiger partial charge on any atom is 0.272 e. The Morgan fingerprint density at radius 2 is 2.07 bits per heavy atom. The van der Waals surface area contributed by atoms with Gasteiger partial charge in [-0.15, -0.1) is 0 Å². The Labute approximate surface area is 168 Å². The first-order valence-electron chi connectivity index (χ1n) is 10.3. The van der Waals surface area contributed by atoms with Crippen LogP contribution in [0.3, 0.4) is 0 Å². The van der Waals surface area contributed by atoms with Crippen LogP contribution >= 0.6 is 0 Å². The van der Waals surface area contributed by atoms with Gasteiger partial charge >= 0.3 is 0 Å². The Kier molecular flexibility index (Phi) is 4.75. The molecule has 0 bridgehead atoms. The van der Waals surface area contributed by atoms with Gasteiger partial charge in [-0.25, -0.2) is 9.97 Å². The van der Waals surface area contributed by atoms with Crippen LogP contribution in [0.4, 0.5) is 5.82 Å². The van der Waals surface area contributed by atoms with E-state index in [-0.39, 0.29) is 11.9 Å². The van der Waals surface area contributed by atoms with Gasteiger partial charge in [-0.05, 0) is 50.7 Å². The Morgan fingerprint density at radius 3 is 2.90 bits per heavy atom. The summed E-state index contributed by atoms with van der Waals surface area (Å²) in [6.07, 6.45) is 9.62. The molecule has 150 valence electrons. The van der Waals surface area contributed by atoms with Crippen LogP contribution in [-0.2, 0) is 12.8 Å². The largest absolute Gasteiger partial charge is 0.463 e. The van der Waals surface area contributed by atoms with Gasteiger partial charge in [0.25, 0.3) is 5.91 Å². The Hall–Kier alpha value is -3.16. The van der Waals surface area contributed by atoms with Gasteiger partial charge in [0, 0.05) is 36.5 Å². The summed E-state index contributed by atoms with van der Waals surface area (Å²) in [4.78, 5) is 24.0. The minimum absolute atomic E-state index is 0.139. The fraction of sp³-hybridized carbons (Fsp3) is 0.429. The minimum atomic E-state index is -0.156. The average Bonchev–Trinajstić information content (AvgIpc) is 3.46. The van der Waals surface area contributed by atoms with Crippen LogP contribution in [-0.4, -0.2) is 45.2 Å². The highest BCUT2D eigenvalue weighted by Gasteiger charge is 2.26. The monoisotopic (exact) mass is 392 g/mol. The third-order valence-corrected chi connectivity index (χ3v) is 5.83. The number of fused-ring (bicyclic) bond motifs is 1. The first-order chi connectivity index (χ1) is 14.3. The van der Waals surface area contributed by atoms with Crippen molar-refractivity contribution in [3.05, 3.63) is 47.7 Å². The van der Waals surface area contributed by atoms with Gasteiger partial charge in [0.15, 0.2) is 11.5 Å². The highest BCUT2D eigenvalue weighted by atomic mass is 16.3. The minimum Gasteiger partial charge on any atom is -0.463 e. The standard InChI is InChI=1S/C21H24N6O2/c28-21(18-12-17(25-26-18)19-6-3-11-29-19)24-14-7-9-27(10-8-14)20-15-4-1-2-5-16(15)22-13-23-20/h3,6,11-14H,1-2,4-5,7-10H2,(H,24,28)(H,25,26). The molecule has 2 aliphatic rings. The summed E-state index contributed by atoms with van der Waals surface area (Å²) in [6.45, 7) is 1.76. The van der Waals surface area contributed by atoms with E-state index in [1.165, 1.54) is 24.1 Å². The number of H-pyrrole nitrogens is 1. The lowest BCUT2D eigenvalue weighted by Crippen LogP contribution is -2.45. The molecule has 1 fully saturated rings. The number of amides is 1. The van der Waals surface area contributed by atoms with Crippen LogP contribution in [0.1, 0.15) is 47.4 Å². The van der Waals surface area contributed by atoms with Crippen molar-refractivity contribution in [2.24, 2.45) is 0 Å². The molecule has 0 atom stereocenters. The van der Waals surface area contributed by atoms with Crippen molar-refractivity contribution in [3.63, 3.8) is 0 Å². The highest BCUT2D eigenvalue weighted by molar-refractivity contribution is 5.93. The molecule has 0 aromatic carbocycles. The van der Waals surface area contributed by atoms with Crippen LogP contribution in [0.5, 0.6) is 0 Å². The summed E-state index contributed by atoms with van der Waals surface area (Å²) in [7, 11) is 0. The number of rotatable bonds is 4. The van der Waals surface area contributed by atoms with E-state index < -0.39 is 0 Å². The second-order valence-electron chi connectivity index (χ2n) is 7.71. The highest BCUT2D eigenvalue weighted by Crippen LogP contribution is 2.29. The zero-order valence-corrected chi connectivity index (χ0v) is 16.2. The van der Waals surface area contributed by atoms with Gasteiger partial charge in [0.2, 0.25) is 0 Å². The van der Waals surface area contributed by atoms with E-state index in [1.807, 2.05) is 6.07 Å². The number of carbonyl (C=O) groups is 1. The molecule has 0 unspecified atom stereocenters. The number of nitrogens with one attached hydrogen (secondary N) is 2. The third-order valence-electron chi connectivity index (χ3n) is 5.83. The van der Waals surface area contributed by atoms with E-state index in [2.05, 4.69) is 30.4 Å². The smallest absolute Gasteiger partial charge is 0.272 e. The van der Waals surface area contributed by atoms with Crippen molar-refractivity contribution in [2.45, 2.75) is 44.6 Å². The molecule has 1 amide bonds. The maximum absolute atomic E-state index is 12.6. The zero-order chi connectivity index (χ0) is 19.6. The number of aromatic amines is 1. The molecule has 8 nitrogen and oxygen atoms in total. The lowest BCUT2D eigenvalue weighted by Gasteiger charge is -2.34. The van der Waals surface area contributed by atoms with Crippen molar-refractivity contribution in [1.82, 2.24) is 25.5 Å². The van der Waals surface area contributed by atoms with Crippen LogP contribution in [0.25, 0.3) is 11.5 Å². The SMILES string of the molecule is O=C(NC1CCN(c2ncnc3c2CCCC3)CC1)c1cc(-c2ccco2)[nH]n1. The molecule has 8 heteroatoms. The summed E-state index contributed by atoms with van der Waals surface area (Å²) in [6, 6.07) is 5.49. The predicted octanol–water partition coefficient (Wildman–Crippen LogP) is 2.74. The first-order valence-corrected chi connectivity index (χ1v) is 10.3. The average molecular weight is 392 g/mol. The van der Waals surface area contributed by atoms with Crippen LogP contribution < -0.4 is 10.2 Å². The number of aryl methyl sites for hydroxylation is 1. The summed E-state index contributed by atoms with van der Waals surface area (Å²) < 4.78 is 5.34. The summed E-state index contributed by atoms with van der Waals surface area (Å²) in [5.74, 6) is 1.60. The topological polar surface area (TPSA) is 99.9 Å². The van der Waals surface area contributed by atoms with Crippen LogP contribution in [0, 0.1) is 0 Å². The lowest BCUT2D eigenvalue weighted by molar-refractivity contribution is 0.0926. The van der Waals surface area contributed by atoms with Crippen molar-refractivity contribution in [2.75, 3.05) is 18.0 Å². The molecule has 0 spiro atoms. The van der Waals surface area contributed by atoms with Crippen molar-refractivity contribution in [3.8, 4) is 11.5 Å². The second kappa shape index (κ2) is 7.69. The van der Waals surface area contributed by atoms with E-state index in [9.17, 15) is 4.79 Å². The fourth-order valence-corrected chi connectivity index (χ4v) is 4.27. The van der Waals surface area contributed by atoms with Gasteiger partial charge in [-0.2, -0.15) is 5.10 Å². The first kappa shape index (κ1) is 17.9. The maximum atomic E-state index is 12.6. The van der Waals surface area contributed by atoms with Crippen molar-refractivity contribution >= 4 is 11.7 Å². The number of hydrogen-bond donors (Lipinski definition) is 2. The normalized spacial score (nSPS) is 17.2. The molecule has 0 radical (unpaired) electrons. The lowest BCUT2D eigenvalue weighted by atomic mass is 9.95. The number of nitrogens with zero attached hydrogens (tertiary/aromatic N) is 4. The van der Waals surface area contributed by atoms with Gasteiger partial charge in [0.05, 0.1) is 6.26 Å². The van der Waals surface area contributed by atoms with Gasteiger partial charge in [-0.3, -0.25) is 9.89 Å². The van der Waals surface area contributed by atoms with Crippen LogP contribution in [0.15, 0.2) is 35.2 Å². The molecular weight excluding hydrogens is 368 g/mol. The number of aromatic nitrogens is 4.